The lowest BCUT2D eigenvalue weighted by molar-refractivity contribution is -0.109. The van der Waals surface area contributed by atoms with Gasteiger partial charge in [-0.15, -0.1) is 0 Å². The van der Waals surface area contributed by atoms with Crippen molar-refractivity contribution in [3.63, 3.8) is 0 Å². The Morgan fingerprint density at radius 1 is 1.24 bits per heavy atom. The van der Waals surface area contributed by atoms with Crippen molar-refractivity contribution in [2.75, 3.05) is 64.9 Å². The van der Waals surface area contributed by atoms with Gasteiger partial charge in [0.05, 0.1) is 42.1 Å². The van der Waals surface area contributed by atoms with Crippen molar-refractivity contribution in [3.8, 4) is 6.07 Å². The number of carbonyl (C=O) groups is 2. The highest BCUT2D eigenvalue weighted by molar-refractivity contribution is 6.11. The number of amides is 2. The van der Waals surface area contributed by atoms with Crippen LogP contribution < -0.4 is 10.2 Å². The Morgan fingerprint density at radius 2 is 2.05 bits per heavy atom. The topological polar surface area (TPSA) is 139 Å². The van der Waals surface area contributed by atoms with Crippen molar-refractivity contribution < 1.29 is 28.5 Å². The van der Waals surface area contributed by atoms with Crippen molar-refractivity contribution in [2.24, 2.45) is 0 Å². The van der Waals surface area contributed by atoms with E-state index in [0.717, 1.165) is 18.4 Å². The van der Waals surface area contributed by atoms with E-state index in [1.165, 1.54) is 20.4 Å². The molecule has 4 rings (SSSR count). The van der Waals surface area contributed by atoms with Gasteiger partial charge in [0.1, 0.15) is 17.6 Å². The van der Waals surface area contributed by atoms with Crippen LogP contribution in [0.3, 0.4) is 0 Å². The molecule has 1 saturated heterocycles. The lowest BCUT2D eigenvalue weighted by atomic mass is 10.0. The number of rotatable bonds is 11. The summed E-state index contributed by atoms with van der Waals surface area (Å²) in [6.45, 7) is 2.24. The summed E-state index contributed by atoms with van der Waals surface area (Å²) in [4.78, 5) is 38.6. The summed E-state index contributed by atoms with van der Waals surface area (Å²) in [5.41, 5.74) is 2.93. The van der Waals surface area contributed by atoms with E-state index in [2.05, 4.69) is 16.4 Å². The summed E-state index contributed by atoms with van der Waals surface area (Å²) in [6.07, 6.45) is 1.86. The number of likely N-dealkylation sites (N-methyl/N-ethyl adjacent to an activating group) is 1. The number of para-hydroxylation sites is 1. The largest absolute Gasteiger partial charge is 0.449 e. The molecule has 1 aliphatic heterocycles. The zero-order valence-corrected chi connectivity index (χ0v) is 23.7. The minimum atomic E-state index is -0.820. The molecule has 1 N–H and O–H groups in total. The van der Waals surface area contributed by atoms with Gasteiger partial charge in [0.2, 0.25) is 6.29 Å². The lowest BCUT2D eigenvalue weighted by Gasteiger charge is -2.23. The first-order valence-corrected chi connectivity index (χ1v) is 13.2. The molecule has 1 fully saturated rings. The standard InChI is InChI=1S/C29H34N6O6/c1-34(11-13-38-2)23-15-24(31-17-21(23)16-30)32-27(36)22-9-7-8-19-14-20(18-35-10-5-6-12-41-29(35)37)26(33-25(19)22)28(39-3)40-4/h7-9,14-15,17,28H,5-6,10-13,18H2,1-4H3,(H,31,32,36). The number of nitriles is 1. The van der Waals surface area contributed by atoms with Gasteiger partial charge in [-0.25, -0.2) is 14.8 Å². The summed E-state index contributed by atoms with van der Waals surface area (Å²) in [6, 6.07) is 11.0. The summed E-state index contributed by atoms with van der Waals surface area (Å²) in [7, 11) is 6.44. The van der Waals surface area contributed by atoms with Crippen LogP contribution in [0.15, 0.2) is 36.5 Å². The molecule has 2 amide bonds. The van der Waals surface area contributed by atoms with E-state index in [9.17, 15) is 14.9 Å². The minimum absolute atomic E-state index is 0.255. The van der Waals surface area contributed by atoms with Crippen LogP contribution in [0.4, 0.5) is 16.3 Å². The van der Waals surface area contributed by atoms with Crippen molar-refractivity contribution in [1.82, 2.24) is 14.9 Å². The molecule has 0 radical (unpaired) electrons. The number of anilines is 2. The van der Waals surface area contributed by atoms with Crippen LogP contribution in [0.1, 0.15) is 46.3 Å². The molecule has 1 aromatic carbocycles. The zero-order valence-electron chi connectivity index (χ0n) is 23.7. The minimum Gasteiger partial charge on any atom is -0.449 e. The number of benzene rings is 1. The molecule has 41 heavy (non-hydrogen) atoms. The fraction of sp³-hybridized carbons (Fsp3) is 0.414. The van der Waals surface area contributed by atoms with Crippen LogP contribution in [0.5, 0.6) is 0 Å². The van der Waals surface area contributed by atoms with E-state index in [1.54, 1.807) is 30.2 Å². The number of hydrogen-bond donors (Lipinski definition) is 1. The molecule has 12 nitrogen and oxygen atoms in total. The Morgan fingerprint density at radius 3 is 2.78 bits per heavy atom. The van der Waals surface area contributed by atoms with Gasteiger partial charge in [-0.2, -0.15) is 5.26 Å². The molecule has 0 unspecified atom stereocenters. The number of aromatic nitrogens is 2. The maximum absolute atomic E-state index is 13.5. The van der Waals surface area contributed by atoms with Crippen LogP contribution in [0.25, 0.3) is 10.9 Å². The monoisotopic (exact) mass is 562 g/mol. The second-order valence-electron chi connectivity index (χ2n) is 9.52. The Labute approximate surface area is 238 Å². The molecule has 0 aliphatic carbocycles. The molecule has 2 aromatic heterocycles. The van der Waals surface area contributed by atoms with Crippen LogP contribution >= 0.6 is 0 Å². The number of nitrogens with zero attached hydrogens (tertiary/aromatic N) is 5. The molecule has 3 aromatic rings. The van der Waals surface area contributed by atoms with Gasteiger partial charge in [-0.05, 0) is 30.5 Å². The van der Waals surface area contributed by atoms with E-state index in [0.29, 0.717) is 59.7 Å². The number of nitrogens with one attached hydrogen (secondary N) is 1. The number of carbonyl (C=O) groups excluding carboxylic acids is 2. The SMILES string of the molecule is COCCN(C)c1cc(NC(=O)c2cccc3cc(CN4CCCCOC4=O)c(C(OC)OC)nc23)ncc1C#N. The second-order valence-corrected chi connectivity index (χ2v) is 9.52. The first-order valence-electron chi connectivity index (χ1n) is 13.2. The highest BCUT2D eigenvalue weighted by Crippen LogP contribution is 2.29. The Balaban J connectivity index is 1.69. The Kier molecular flexibility index (Phi) is 10.0. The van der Waals surface area contributed by atoms with Gasteiger partial charge in [-0.3, -0.25) is 4.79 Å². The third-order valence-corrected chi connectivity index (χ3v) is 6.81. The number of ether oxygens (including phenoxy) is 4. The third kappa shape index (κ3) is 6.89. The van der Waals surface area contributed by atoms with Gasteiger partial charge in [0.15, 0.2) is 0 Å². The molecule has 12 heteroatoms. The van der Waals surface area contributed by atoms with Crippen molar-refractivity contribution >= 4 is 34.4 Å². The van der Waals surface area contributed by atoms with Crippen LogP contribution in [0, 0.1) is 11.3 Å². The molecular formula is C29H34N6O6. The van der Waals surface area contributed by atoms with Gasteiger partial charge < -0.3 is 34.1 Å². The average molecular weight is 563 g/mol. The maximum atomic E-state index is 13.5. The maximum Gasteiger partial charge on any atom is 0.410 e. The van der Waals surface area contributed by atoms with Gasteiger partial charge in [0.25, 0.3) is 5.91 Å². The fourth-order valence-electron chi connectivity index (χ4n) is 4.63. The summed E-state index contributed by atoms with van der Waals surface area (Å²) in [5.74, 6) is -0.138. The molecule has 3 heterocycles. The van der Waals surface area contributed by atoms with Crippen LogP contribution in [0.2, 0.25) is 0 Å². The normalized spacial score (nSPS) is 13.6. The van der Waals surface area contributed by atoms with E-state index in [-0.39, 0.29) is 18.5 Å². The quantitative estimate of drug-likeness (QED) is 0.343. The summed E-state index contributed by atoms with van der Waals surface area (Å²) in [5, 5.41) is 13.1. The van der Waals surface area contributed by atoms with Gasteiger partial charge >= 0.3 is 6.09 Å². The van der Waals surface area contributed by atoms with E-state index in [4.69, 9.17) is 23.9 Å². The van der Waals surface area contributed by atoms with Crippen molar-refractivity contribution in [2.45, 2.75) is 25.7 Å². The first-order chi connectivity index (χ1) is 19.9. The first kappa shape index (κ1) is 29.7. The molecule has 216 valence electrons. The zero-order chi connectivity index (χ0) is 29.4. The van der Waals surface area contributed by atoms with Crippen LogP contribution in [-0.4, -0.2) is 81.5 Å². The smallest absolute Gasteiger partial charge is 0.410 e. The predicted octanol–water partition coefficient (Wildman–Crippen LogP) is 3.86. The second kappa shape index (κ2) is 13.8. The number of cyclic esters (lactones) is 1. The van der Waals surface area contributed by atoms with E-state index in [1.807, 2.05) is 24.1 Å². The fourth-order valence-corrected chi connectivity index (χ4v) is 4.63. The van der Waals surface area contributed by atoms with Crippen molar-refractivity contribution in [3.05, 3.63) is 58.9 Å². The third-order valence-electron chi connectivity index (χ3n) is 6.81. The number of hydrogen-bond acceptors (Lipinski definition) is 10. The molecule has 0 spiro atoms. The Bertz CT molecular complexity index is 1440. The van der Waals surface area contributed by atoms with E-state index >= 15 is 0 Å². The predicted molar refractivity (Wildman–Crippen MR) is 152 cm³/mol. The molecular weight excluding hydrogens is 528 g/mol. The molecule has 0 bridgehead atoms. The molecule has 0 atom stereocenters. The average Bonchev–Trinajstić information content (AvgIpc) is 3.19. The van der Waals surface area contributed by atoms with E-state index < -0.39 is 12.2 Å². The highest BCUT2D eigenvalue weighted by Gasteiger charge is 2.25. The number of methoxy groups -OCH3 is 3. The summed E-state index contributed by atoms with van der Waals surface area (Å²) >= 11 is 0. The summed E-state index contributed by atoms with van der Waals surface area (Å²) < 4.78 is 21.5. The lowest BCUT2D eigenvalue weighted by Crippen LogP contribution is -2.31. The molecule has 0 saturated carbocycles. The van der Waals surface area contributed by atoms with Crippen molar-refractivity contribution in [1.29, 1.82) is 5.26 Å². The highest BCUT2D eigenvalue weighted by atomic mass is 16.7. The molecule has 1 aliphatic rings. The number of fused-ring (bicyclic) bond motifs is 1. The number of pyridine rings is 2. The van der Waals surface area contributed by atoms with Crippen LogP contribution in [-0.2, 0) is 25.5 Å². The van der Waals surface area contributed by atoms with Gasteiger partial charge in [-0.1, -0.05) is 12.1 Å². The Hall–Kier alpha value is -4.31. The van der Waals surface area contributed by atoms with Gasteiger partial charge in [0, 0.05) is 59.1 Å².